The van der Waals surface area contributed by atoms with Crippen molar-refractivity contribution in [2.45, 2.75) is 19.9 Å². The van der Waals surface area contributed by atoms with Crippen molar-refractivity contribution in [3.05, 3.63) is 59.2 Å². The summed E-state index contributed by atoms with van der Waals surface area (Å²) in [6, 6.07) is 11.5. The number of aryl methyl sites for hydroxylation is 1. The third-order valence-corrected chi connectivity index (χ3v) is 3.23. The lowest BCUT2D eigenvalue weighted by atomic mass is 10.0. The van der Waals surface area contributed by atoms with Gasteiger partial charge >= 0.3 is 0 Å². The van der Waals surface area contributed by atoms with Crippen molar-refractivity contribution in [2.75, 3.05) is 0 Å². The van der Waals surface area contributed by atoms with Crippen LogP contribution in [0.25, 0.3) is 0 Å². The molecule has 0 aliphatic carbocycles. The van der Waals surface area contributed by atoms with Gasteiger partial charge in [-0.25, -0.2) is 0 Å². The van der Waals surface area contributed by atoms with E-state index in [-0.39, 0.29) is 29.0 Å². The van der Waals surface area contributed by atoms with Gasteiger partial charge in [0.25, 0.3) is 5.91 Å². The Bertz CT molecular complexity index is 637. The summed E-state index contributed by atoms with van der Waals surface area (Å²) in [6.45, 7) is 3.87. The molecule has 0 saturated heterocycles. The number of phenols is 2. The number of nitrogens with one attached hydrogen (secondary N) is 1. The number of aromatic hydroxyl groups is 2. The predicted molar refractivity (Wildman–Crippen MR) is 76.8 cm³/mol. The van der Waals surface area contributed by atoms with Gasteiger partial charge in [-0.05, 0) is 37.1 Å². The lowest BCUT2D eigenvalue weighted by Crippen LogP contribution is -2.27. The maximum atomic E-state index is 12.1. The van der Waals surface area contributed by atoms with Crippen molar-refractivity contribution in [2.24, 2.45) is 0 Å². The van der Waals surface area contributed by atoms with E-state index in [9.17, 15) is 15.0 Å². The molecular weight excluding hydrogens is 254 g/mol. The molecule has 20 heavy (non-hydrogen) atoms. The summed E-state index contributed by atoms with van der Waals surface area (Å²) in [6.07, 6.45) is 0. The standard InChI is InChI=1S/C16H17NO3/c1-10-5-3-4-6-13(10)11(2)17-16(20)14-8-7-12(18)9-15(14)19/h3-9,11,18-19H,1-2H3,(H,17,20). The molecule has 0 heterocycles. The van der Waals surface area contributed by atoms with Crippen LogP contribution in [0.2, 0.25) is 0 Å². The van der Waals surface area contributed by atoms with Gasteiger partial charge in [0.1, 0.15) is 11.5 Å². The third-order valence-electron chi connectivity index (χ3n) is 3.23. The molecule has 0 fully saturated rings. The molecule has 3 N–H and O–H groups in total. The van der Waals surface area contributed by atoms with Crippen LogP contribution in [0, 0.1) is 6.92 Å². The molecule has 0 saturated carbocycles. The van der Waals surface area contributed by atoms with E-state index >= 15 is 0 Å². The minimum absolute atomic E-state index is 0.0778. The van der Waals surface area contributed by atoms with Crippen molar-refractivity contribution in [3.8, 4) is 11.5 Å². The van der Waals surface area contributed by atoms with Gasteiger partial charge in [0.05, 0.1) is 11.6 Å². The van der Waals surface area contributed by atoms with Crippen molar-refractivity contribution in [1.82, 2.24) is 5.32 Å². The Hall–Kier alpha value is -2.49. The topological polar surface area (TPSA) is 69.6 Å². The number of phenolic OH excluding ortho intramolecular Hbond substituents is 2. The smallest absolute Gasteiger partial charge is 0.255 e. The molecular formula is C16H17NO3. The zero-order valence-electron chi connectivity index (χ0n) is 11.4. The van der Waals surface area contributed by atoms with Gasteiger partial charge in [0.2, 0.25) is 0 Å². The summed E-state index contributed by atoms with van der Waals surface area (Å²) in [5, 5.41) is 21.7. The van der Waals surface area contributed by atoms with Crippen LogP contribution < -0.4 is 5.32 Å². The van der Waals surface area contributed by atoms with E-state index in [2.05, 4.69) is 5.32 Å². The Morgan fingerprint density at radius 3 is 2.50 bits per heavy atom. The Kier molecular flexibility index (Phi) is 3.94. The molecule has 104 valence electrons. The Morgan fingerprint density at radius 1 is 1.15 bits per heavy atom. The summed E-state index contributed by atoms with van der Waals surface area (Å²) in [4.78, 5) is 12.1. The van der Waals surface area contributed by atoms with Crippen LogP contribution in [0.15, 0.2) is 42.5 Å². The first-order chi connectivity index (χ1) is 9.49. The van der Waals surface area contributed by atoms with E-state index in [1.807, 2.05) is 38.1 Å². The second kappa shape index (κ2) is 5.65. The molecule has 0 spiro atoms. The normalized spacial score (nSPS) is 11.9. The van der Waals surface area contributed by atoms with Crippen LogP contribution in [-0.4, -0.2) is 16.1 Å². The molecule has 2 aromatic rings. The van der Waals surface area contributed by atoms with E-state index < -0.39 is 0 Å². The van der Waals surface area contributed by atoms with Crippen LogP contribution in [0.5, 0.6) is 11.5 Å². The fraction of sp³-hybridized carbons (Fsp3) is 0.188. The fourth-order valence-corrected chi connectivity index (χ4v) is 2.14. The zero-order valence-corrected chi connectivity index (χ0v) is 11.4. The maximum absolute atomic E-state index is 12.1. The van der Waals surface area contributed by atoms with Gasteiger partial charge < -0.3 is 15.5 Å². The highest BCUT2D eigenvalue weighted by atomic mass is 16.3. The average molecular weight is 271 g/mol. The lowest BCUT2D eigenvalue weighted by molar-refractivity contribution is 0.0937. The Labute approximate surface area is 117 Å². The highest BCUT2D eigenvalue weighted by molar-refractivity contribution is 5.97. The zero-order chi connectivity index (χ0) is 14.7. The van der Waals surface area contributed by atoms with E-state index in [1.165, 1.54) is 12.1 Å². The number of carbonyl (C=O) groups excluding carboxylic acids is 1. The second-order valence-corrected chi connectivity index (χ2v) is 4.75. The van der Waals surface area contributed by atoms with Crippen LogP contribution in [0.4, 0.5) is 0 Å². The van der Waals surface area contributed by atoms with Crippen LogP contribution in [-0.2, 0) is 0 Å². The monoisotopic (exact) mass is 271 g/mol. The fourth-order valence-electron chi connectivity index (χ4n) is 2.14. The second-order valence-electron chi connectivity index (χ2n) is 4.75. The van der Waals surface area contributed by atoms with Crippen molar-refractivity contribution < 1.29 is 15.0 Å². The van der Waals surface area contributed by atoms with Crippen molar-refractivity contribution in [3.63, 3.8) is 0 Å². The number of carbonyl (C=O) groups is 1. The number of hydrogen-bond acceptors (Lipinski definition) is 3. The minimum atomic E-state index is -0.377. The largest absolute Gasteiger partial charge is 0.508 e. The molecule has 0 aliphatic rings. The van der Waals surface area contributed by atoms with Crippen molar-refractivity contribution >= 4 is 5.91 Å². The first-order valence-electron chi connectivity index (χ1n) is 6.37. The Morgan fingerprint density at radius 2 is 1.85 bits per heavy atom. The third kappa shape index (κ3) is 2.91. The molecule has 0 aromatic heterocycles. The van der Waals surface area contributed by atoms with E-state index in [4.69, 9.17) is 0 Å². The van der Waals surface area contributed by atoms with Gasteiger partial charge in [-0.3, -0.25) is 4.79 Å². The molecule has 2 aromatic carbocycles. The van der Waals surface area contributed by atoms with E-state index in [1.54, 1.807) is 0 Å². The van der Waals surface area contributed by atoms with Crippen LogP contribution >= 0.6 is 0 Å². The summed E-state index contributed by atoms with van der Waals surface area (Å²) in [5.41, 5.74) is 2.26. The molecule has 1 unspecified atom stereocenters. The van der Waals surface area contributed by atoms with Gasteiger partial charge in [-0.2, -0.15) is 0 Å². The van der Waals surface area contributed by atoms with Gasteiger partial charge in [-0.1, -0.05) is 24.3 Å². The number of benzene rings is 2. The summed E-state index contributed by atoms with van der Waals surface area (Å²) < 4.78 is 0. The highest BCUT2D eigenvalue weighted by Crippen LogP contribution is 2.24. The summed E-state index contributed by atoms with van der Waals surface area (Å²) in [5.74, 6) is -0.691. The molecule has 0 bridgehead atoms. The summed E-state index contributed by atoms with van der Waals surface area (Å²) >= 11 is 0. The number of amides is 1. The molecule has 0 aliphatic heterocycles. The minimum Gasteiger partial charge on any atom is -0.508 e. The number of rotatable bonds is 3. The maximum Gasteiger partial charge on any atom is 0.255 e. The SMILES string of the molecule is Cc1ccccc1C(C)NC(=O)c1ccc(O)cc1O. The molecule has 1 atom stereocenters. The molecule has 4 heteroatoms. The lowest BCUT2D eigenvalue weighted by Gasteiger charge is -2.17. The average Bonchev–Trinajstić information content (AvgIpc) is 2.38. The van der Waals surface area contributed by atoms with Crippen molar-refractivity contribution in [1.29, 1.82) is 0 Å². The molecule has 0 radical (unpaired) electrons. The first-order valence-corrected chi connectivity index (χ1v) is 6.37. The van der Waals surface area contributed by atoms with E-state index in [0.29, 0.717) is 0 Å². The predicted octanol–water partition coefficient (Wildman–Crippen LogP) is 2.90. The number of hydrogen-bond donors (Lipinski definition) is 3. The van der Waals surface area contributed by atoms with Gasteiger partial charge in [-0.15, -0.1) is 0 Å². The Balaban J connectivity index is 2.17. The van der Waals surface area contributed by atoms with Gasteiger partial charge in [0, 0.05) is 6.07 Å². The molecule has 2 rings (SSSR count). The van der Waals surface area contributed by atoms with E-state index in [0.717, 1.165) is 17.2 Å². The summed E-state index contributed by atoms with van der Waals surface area (Å²) in [7, 11) is 0. The van der Waals surface area contributed by atoms with Gasteiger partial charge in [0.15, 0.2) is 0 Å². The molecule has 4 nitrogen and oxygen atoms in total. The highest BCUT2D eigenvalue weighted by Gasteiger charge is 2.15. The molecule has 1 amide bonds. The van der Waals surface area contributed by atoms with Crippen LogP contribution in [0.1, 0.15) is 34.5 Å². The quantitative estimate of drug-likeness (QED) is 0.804. The van der Waals surface area contributed by atoms with Crippen LogP contribution in [0.3, 0.4) is 0 Å². The first kappa shape index (κ1) is 13.9.